The quantitative estimate of drug-likeness (QED) is 0.710. The summed E-state index contributed by atoms with van der Waals surface area (Å²) < 4.78 is 0. The van der Waals surface area contributed by atoms with Gasteiger partial charge in [0.2, 0.25) is 5.91 Å². The Morgan fingerprint density at radius 3 is 2.94 bits per heavy atom. The van der Waals surface area contributed by atoms with Gasteiger partial charge in [-0.2, -0.15) is 5.48 Å². The number of rotatable bonds is 6. The number of nitrogens with zero attached hydrogens (tertiary/aromatic N) is 1. The van der Waals surface area contributed by atoms with E-state index in [4.69, 9.17) is 10.6 Å². The SMILES string of the molecule is NC(=O)CONC1CCN(Cc2ccccc2)C1. The third-order valence-corrected chi connectivity index (χ3v) is 2.99. The van der Waals surface area contributed by atoms with Gasteiger partial charge in [-0.15, -0.1) is 0 Å². The number of hydrogen-bond donors (Lipinski definition) is 2. The van der Waals surface area contributed by atoms with Gasteiger partial charge in [0.15, 0.2) is 0 Å². The van der Waals surface area contributed by atoms with Crippen molar-refractivity contribution in [1.29, 1.82) is 0 Å². The van der Waals surface area contributed by atoms with Gasteiger partial charge in [0.25, 0.3) is 0 Å². The van der Waals surface area contributed by atoms with E-state index in [-0.39, 0.29) is 12.6 Å². The highest BCUT2D eigenvalue weighted by Crippen LogP contribution is 2.13. The Hall–Kier alpha value is -1.43. The Kier molecular flexibility index (Phi) is 4.69. The second-order valence-electron chi connectivity index (χ2n) is 4.58. The second kappa shape index (κ2) is 6.49. The van der Waals surface area contributed by atoms with Crippen LogP contribution in [-0.4, -0.2) is 36.5 Å². The topological polar surface area (TPSA) is 67.6 Å². The van der Waals surface area contributed by atoms with Gasteiger partial charge in [-0.05, 0) is 12.0 Å². The molecule has 98 valence electrons. The molecule has 2 rings (SSSR count). The Balaban J connectivity index is 1.70. The van der Waals surface area contributed by atoms with Crippen LogP contribution in [0.4, 0.5) is 0 Å². The standard InChI is InChI=1S/C13H19N3O2/c14-13(17)10-18-15-12-6-7-16(9-12)8-11-4-2-1-3-5-11/h1-5,12,15H,6-10H2,(H2,14,17). The van der Waals surface area contributed by atoms with Gasteiger partial charge in [-0.3, -0.25) is 14.5 Å². The molecule has 1 aliphatic heterocycles. The molecule has 0 aliphatic carbocycles. The average Bonchev–Trinajstić information content (AvgIpc) is 2.78. The lowest BCUT2D eigenvalue weighted by atomic mass is 10.2. The van der Waals surface area contributed by atoms with Gasteiger partial charge < -0.3 is 5.73 Å². The summed E-state index contributed by atoms with van der Waals surface area (Å²) in [6.45, 7) is 2.84. The lowest BCUT2D eigenvalue weighted by Gasteiger charge is -2.16. The molecule has 0 radical (unpaired) electrons. The molecular formula is C13H19N3O2. The van der Waals surface area contributed by atoms with Crippen LogP contribution in [0.15, 0.2) is 30.3 Å². The van der Waals surface area contributed by atoms with Crippen molar-refractivity contribution < 1.29 is 9.63 Å². The highest BCUT2D eigenvalue weighted by molar-refractivity contribution is 5.74. The maximum Gasteiger partial charge on any atom is 0.245 e. The van der Waals surface area contributed by atoms with Crippen LogP contribution >= 0.6 is 0 Å². The highest BCUT2D eigenvalue weighted by atomic mass is 16.6. The predicted molar refractivity (Wildman–Crippen MR) is 68.4 cm³/mol. The molecule has 1 fully saturated rings. The molecule has 3 N–H and O–H groups in total. The molecule has 0 saturated carbocycles. The summed E-state index contributed by atoms with van der Waals surface area (Å²) in [5.74, 6) is -0.457. The smallest absolute Gasteiger partial charge is 0.245 e. The molecule has 5 heteroatoms. The first kappa shape index (κ1) is 13.0. The minimum absolute atomic E-state index is 0.0742. The first-order valence-corrected chi connectivity index (χ1v) is 6.16. The summed E-state index contributed by atoms with van der Waals surface area (Å²) in [7, 11) is 0. The normalized spacial score (nSPS) is 20.1. The van der Waals surface area contributed by atoms with E-state index >= 15 is 0 Å². The van der Waals surface area contributed by atoms with E-state index < -0.39 is 5.91 Å². The number of hydroxylamine groups is 1. The second-order valence-corrected chi connectivity index (χ2v) is 4.58. The molecule has 0 bridgehead atoms. The number of amides is 1. The van der Waals surface area contributed by atoms with E-state index in [0.717, 1.165) is 26.1 Å². The summed E-state index contributed by atoms with van der Waals surface area (Å²) in [4.78, 5) is 17.9. The van der Waals surface area contributed by atoms with Crippen molar-refractivity contribution in [2.24, 2.45) is 5.73 Å². The van der Waals surface area contributed by atoms with Gasteiger partial charge in [0, 0.05) is 25.7 Å². The molecule has 1 aliphatic rings. The predicted octanol–water partition coefficient (Wildman–Crippen LogP) is 0.267. The molecule has 5 nitrogen and oxygen atoms in total. The largest absolute Gasteiger partial charge is 0.368 e. The fourth-order valence-corrected chi connectivity index (χ4v) is 2.14. The molecule has 1 atom stereocenters. The van der Waals surface area contributed by atoms with Crippen LogP contribution in [0, 0.1) is 0 Å². The molecule has 0 aromatic heterocycles. The summed E-state index contributed by atoms with van der Waals surface area (Å²) in [6.07, 6.45) is 1.02. The van der Waals surface area contributed by atoms with Crippen molar-refractivity contribution in [3.8, 4) is 0 Å². The number of likely N-dealkylation sites (tertiary alicyclic amines) is 1. The van der Waals surface area contributed by atoms with Crippen molar-refractivity contribution in [2.45, 2.75) is 19.0 Å². The van der Waals surface area contributed by atoms with E-state index in [1.54, 1.807) is 0 Å². The van der Waals surface area contributed by atoms with E-state index in [1.165, 1.54) is 5.56 Å². The molecule has 1 aromatic carbocycles. The van der Waals surface area contributed by atoms with Crippen molar-refractivity contribution in [1.82, 2.24) is 10.4 Å². The lowest BCUT2D eigenvalue weighted by molar-refractivity contribution is -0.126. The zero-order valence-corrected chi connectivity index (χ0v) is 10.3. The molecule has 1 amide bonds. The first-order chi connectivity index (χ1) is 8.74. The van der Waals surface area contributed by atoms with Gasteiger partial charge in [-0.1, -0.05) is 30.3 Å². The Bertz CT molecular complexity index is 383. The molecular weight excluding hydrogens is 230 g/mol. The van der Waals surface area contributed by atoms with Crippen LogP contribution in [-0.2, 0) is 16.2 Å². The van der Waals surface area contributed by atoms with E-state index in [2.05, 4.69) is 34.6 Å². The van der Waals surface area contributed by atoms with Gasteiger partial charge >= 0.3 is 0 Å². The number of nitrogens with one attached hydrogen (secondary N) is 1. The van der Waals surface area contributed by atoms with Gasteiger partial charge in [-0.25, -0.2) is 0 Å². The minimum Gasteiger partial charge on any atom is -0.368 e. The molecule has 18 heavy (non-hydrogen) atoms. The van der Waals surface area contributed by atoms with Crippen LogP contribution in [0.2, 0.25) is 0 Å². The van der Waals surface area contributed by atoms with Crippen molar-refractivity contribution in [3.05, 3.63) is 35.9 Å². The third kappa shape index (κ3) is 4.10. The average molecular weight is 249 g/mol. The Labute approximate surface area is 107 Å². The Morgan fingerprint density at radius 2 is 2.22 bits per heavy atom. The first-order valence-electron chi connectivity index (χ1n) is 6.16. The van der Waals surface area contributed by atoms with Crippen molar-refractivity contribution in [3.63, 3.8) is 0 Å². The summed E-state index contributed by atoms with van der Waals surface area (Å²) in [5.41, 5.74) is 9.19. The molecule has 0 spiro atoms. The molecule has 1 heterocycles. The Morgan fingerprint density at radius 1 is 1.44 bits per heavy atom. The maximum absolute atomic E-state index is 10.5. The van der Waals surface area contributed by atoms with Crippen LogP contribution in [0.25, 0.3) is 0 Å². The summed E-state index contributed by atoms with van der Waals surface area (Å²) in [5, 5.41) is 0. The lowest BCUT2D eigenvalue weighted by Crippen LogP contribution is -2.35. The maximum atomic E-state index is 10.5. The third-order valence-electron chi connectivity index (χ3n) is 2.99. The van der Waals surface area contributed by atoms with E-state index in [9.17, 15) is 4.79 Å². The van der Waals surface area contributed by atoms with Gasteiger partial charge in [0.05, 0.1) is 0 Å². The van der Waals surface area contributed by atoms with Crippen LogP contribution < -0.4 is 11.2 Å². The summed E-state index contributed by atoms with van der Waals surface area (Å²) >= 11 is 0. The van der Waals surface area contributed by atoms with Crippen LogP contribution in [0.1, 0.15) is 12.0 Å². The van der Waals surface area contributed by atoms with Crippen molar-refractivity contribution >= 4 is 5.91 Å². The molecule has 1 aromatic rings. The zero-order valence-electron chi connectivity index (χ0n) is 10.3. The number of hydrogen-bond acceptors (Lipinski definition) is 4. The fourth-order valence-electron chi connectivity index (χ4n) is 2.14. The van der Waals surface area contributed by atoms with Gasteiger partial charge in [0.1, 0.15) is 6.61 Å². The van der Waals surface area contributed by atoms with Crippen LogP contribution in [0.3, 0.4) is 0 Å². The zero-order chi connectivity index (χ0) is 12.8. The molecule has 1 unspecified atom stereocenters. The fraction of sp³-hybridized carbons (Fsp3) is 0.462. The van der Waals surface area contributed by atoms with Crippen molar-refractivity contribution in [2.75, 3.05) is 19.7 Å². The number of benzene rings is 1. The van der Waals surface area contributed by atoms with Crippen LogP contribution in [0.5, 0.6) is 0 Å². The highest BCUT2D eigenvalue weighted by Gasteiger charge is 2.22. The number of nitrogens with two attached hydrogens (primary N) is 1. The van der Waals surface area contributed by atoms with E-state index in [1.807, 2.05) is 6.07 Å². The number of carbonyl (C=O) groups is 1. The summed E-state index contributed by atoms with van der Waals surface area (Å²) in [6, 6.07) is 10.7. The minimum atomic E-state index is -0.457. The van der Waals surface area contributed by atoms with E-state index in [0.29, 0.717) is 0 Å². The number of carbonyl (C=O) groups excluding carboxylic acids is 1. The molecule has 1 saturated heterocycles. The monoisotopic (exact) mass is 249 g/mol. The number of primary amides is 1.